The molecular weight excluding hydrogens is 246 g/mol. The molecule has 0 radical (unpaired) electrons. The molecule has 0 aliphatic carbocycles. The average molecular weight is 261 g/mol. The standard InChI is InChI=1S/C13H13N3O3/c14-9-3-1-2-7-8(9)6-16(13(7)19)10-4-5-11(17)15-12(10)18/h1-3,10H,4-6,14H2,(H,15,17,18)/i6D2. The van der Waals surface area contributed by atoms with Crippen molar-refractivity contribution < 1.29 is 17.1 Å². The van der Waals surface area contributed by atoms with Crippen LogP contribution in [0.4, 0.5) is 5.69 Å². The highest BCUT2D eigenvalue weighted by atomic mass is 16.2. The van der Waals surface area contributed by atoms with Gasteiger partial charge in [-0.2, -0.15) is 0 Å². The van der Waals surface area contributed by atoms with Gasteiger partial charge in [-0.05, 0) is 18.6 Å². The zero-order valence-electron chi connectivity index (χ0n) is 12.0. The summed E-state index contributed by atoms with van der Waals surface area (Å²) in [5.41, 5.74) is 6.19. The van der Waals surface area contributed by atoms with Gasteiger partial charge >= 0.3 is 0 Å². The van der Waals surface area contributed by atoms with Gasteiger partial charge in [0.05, 0.1) is 2.74 Å². The Bertz CT molecular complexity index is 675. The minimum absolute atomic E-state index is 0.0715. The van der Waals surface area contributed by atoms with Gasteiger partial charge in [0.1, 0.15) is 6.04 Å². The van der Waals surface area contributed by atoms with E-state index in [1.165, 1.54) is 12.1 Å². The monoisotopic (exact) mass is 261 g/mol. The van der Waals surface area contributed by atoms with Crippen LogP contribution in [-0.4, -0.2) is 28.7 Å². The number of hydrogen-bond acceptors (Lipinski definition) is 4. The van der Waals surface area contributed by atoms with Crippen molar-refractivity contribution in [3.8, 4) is 0 Å². The second-order valence-corrected chi connectivity index (χ2v) is 4.52. The van der Waals surface area contributed by atoms with E-state index in [9.17, 15) is 14.4 Å². The largest absolute Gasteiger partial charge is 0.398 e. The molecule has 1 atom stereocenters. The number of nitrogens with zero attached hydrogens (tertiary/aromatic N) is 1. The number of anilines is 1. The number of benzene rings is 1. The Morgan fingerprint density at radius 3 is 2.84 bits per heavy atom. The summed E-state index contributed by atoms with van der Waals surface area (Å²) in [7, 11) is 0. The van der Waals surface area contributed by atoms with Crippen LogP contribution in [-0.2, 0) is 16.1 Å². The lowest BCUT2D eigenvalue weighted by Crippen LogP contribution is -2.52. The molecular formula is C13H13N3O3. The first kappa shape index (κ1) is 9.55. The van der Waals surface area contributed by atoms with Crippen molar-refractivity contribution in [2.45, 2.75) is 25.4 Å². The topological polar surface area (TPSA) is 92.5 Å². The zero-order chi connectivity index (χ0) is 15.4. The van der Waals surface area contributed by atoms with E-state index in [1.54, 1.807) is 6.07 Å². The van der Waals surface area contributed by atoms with Gasteiger partial charge in [0.25, 0.3) is 5.91 Å². The van der Waals surface area contributed by atoms with E-state index in [4.69, 9.17) is 8.48 Å². The fraction of sp³-hybridized carbons (Fsp3) is 0.308. The van der Waals surface area contributed by atoms with Crippen LogP contribution in [0.25, 0.3) is 0 Å². The number of imide groups is 1. The van der Waals surface area contributed by atoms with E-state index in [-0.39, 0.29) is 29.7 Å². The SMILES string of the molecule is [2H]C1([2H])c2c(N)cccc2C(=O)N1C1CCC(=O)NC1=O. The molecule has 0 spiro atoms. The molecule has 1 aromatic carbocycles. The summed E-state index contributed by atoms with van der Waals surface area (Å²) in [5.74, 6) is -1.66. The third kappa shape index (κ3) is 1.76. The molecule has 0 aromatic heterocycles. The first-order chi connectivity index (χ1) is 9.84. The number of amides is 3. The van der Waals surface area contributed by atoms with Crippen molar-refractivity contribution in [2.75, 3.05) is 5.73 Å². The summed E-state index contributed by atoms with van der Waals surface area (Å²) in [6, 6.07) is 3.54. The molecule has 2 aliphatic rings. The van der Waals surface area contributed by atoms with Crippen LogP contribution in [0.15, 0.2) is 18.2 Å². The van der Waals surface area contributed by atoms with Crippen molar-refractivity contribution in [1.82, 2.24) is 10.2 Å². The molecule has 3 rings (SSSR count). The molecule has 1 unspecified atom stereocenters. The van der Waals surface area contributed by atoms with Crippen LogP contribution in [0, 0.1) is 0 Å². The molecule has 6 heteroatoms. The maximum atomic E-state index is 12.5. The summed E-state index contributed by atoms with van der Waals surface area (Å²) in [6.45, 7) is -2.18. The van der Waals surface area contributed by atoms with Gasteiger partial charge in [-0.1, -0.05) is 6.07 Å². The Labute approximate surface area is 112 Å². The molecule has 6 nitrogen and oxygen atoms in total. The van der Waals surface area contributed by atoms with E-state index in [2.05, 4.69) is 5.32 Å². The van der Waals surface area contributed by atoms with Gasteiger partial charge in [0.15, 0.2) is 0 Å². The Kier molecular flexibility index (Phi) is 2.05. The Balaban J connectivity index is 2.06. The number of rotatable bonds is 1. The van der Waals surface area contributed by atoms with Gasteiger partial charge in [-0.3, -0.25) is 19.7 Å². The molecule has 2 heterocycles. The number of piperidine rings is 1. The lowest BCUT2D eigenvalue weighted by Gasteiger charge is -2.29. The van der Waals surface area contributed by atoms with Crippen LogP contribution in [0.1, 0.15) is 31.5 Å². The van der Waals surface area contributed by atoms with Crippen LogP contribution < -0.4 is 11.1 Å². The number of hydrogen-bond donors (Lipinski definition) is 2. The summed E-state index contributed by atoms with van der Waals surface area (Å²) >= 11 is 0. The number of nitrogen functional groups attached to an aromatic ring is 1. The first-order valence-electron chi connectivity index (χ1n) is 6.90. The third-order valence-corrected chi connectivity index (χ3v) is 3.30. The number of carbonyl (C=O) groups excluding carboxylic acids is 3. The number of nitrogens with two attached hydrogens (primary N) is 1. The lowest BCUT2D eigenvalue weighted by molar-refractivity contribution is -0.136. The Hall–Kier alpha value is -2.37. The Morgan fingerprint density at radius 1 is 1.37 bits per heavy atom. The summed E-state index contributed by atoms with van der Waals surface area (Å²) < 4.78 is 16.4. The van der Waals surface area contributed by atoms with E-state index >= 15 is 0 Å². The van der Waals surface area contributed by atoms with Crippen molar-refractivity contribution >= 4 is 23.4 Å². The normalized spacial score (nSPS) is 26.6. The molecule has 1 saturated heterocycles. The van der Waals surface area contributed by atoms with Crippen LogP contribution >= 0.6 is 0 Å². The number of nitrogens with one attached hydrogen (secondary N) is 1. The highest BCUT2D eigenvalue weighted by molar-refractivity contribution is 6.06. The van der Waals surface area contributed by atoms with Crippen molar-refractivity contribution in [3.05, 3.63) is 29.3 Å². The van der Waals surface area contributed by atoms with Crippen molar-refractivity contribution in [3.63, 3.8) is 0 Å². The van der Waals surface area contributed by atoms with E-state index in [1.807, 2.05) is 0 Å². The quantitative estimate of drug-likeness (QED) is 0.551. The molecule has 98 valence electrons. The predicted octanol–water partition coefficient (Wildman–Crippen LogP) is 0.0298. The van der Waals surface area contributed by atoms with Gasteiger partial charge in [0.2, 0.25) is 11.8 Å². The summed E-state index contributed by atoms with van der Waals surface area (Å²) in [6.07, 6.45) is 0.173. The second-order valence-electron chi connectivity index (χ2n) is 4.52. The van der Waals surface area contributed by atoms with Gasteiger partial charge in [-0.15, -0.1) is 0 Å². The van der Waals surface area contributed by atoms with Crippen LogP contribution in [0.5, 0.6) is 0 Å². The van der Waals surface area contributed by atoms with E-state index < -0.39 is 30.3 Å². The van der Waals surface area contributed by atoms with E-state index in [0.717, 1.165) is 4.90 Å². The fourth-order valence-electron chi connectivity index (χ4n) is 2.32. The minimum atomic E-state index is -2.18. The highest BCUT2D eigenvalue weighted by Crippen LogP contribution is 2.30. The molecule has 0 saturated carbocycles. The maximum absolute atomic E-state index is 12.5. The summed E-state index contributed by atoms with van der Waals surface area (Å²) in [5, 5.41) is 2.14. The molecule has 2 aliphatic heterocycles. The second kappa shape index (κ2) is 4.08. The molecule has 19 heavy (non-hydrogen) atoms. The maximum Gasteiger partial charge on any atom is 0.255 e. The number of fused-ring (bicyclic) bond motifs is 1. The summed E-state index contributed by atoms with van der Waals surface area (Å²) in [4.78, 5) is 36.5. The van der Waals surface area contributed by atoms with Gasteiger partial charge in [0, 0.05) is 29.7 Å². The van der Waals surface area contributed by atoms with Crippen molar-refractivity contribution in [2.24, 2.45) is 0 Å². The smallest absolute Gasteiger partial charge is 0.255 e. The Morgan fingerprint density at radius 2 is 2.16 bits per heavy atom. The highest BCUT2D eigenvalue weighted by Gasteiger charge is 2.39. The third-order valence-electron chi connectivity index (χ3n) is 3.30. The molecule has 3 N–H and O–H groups in total. The lowest BCUT2D eigenvalue weighted by atomic mass is 10.0. The van der Waals surface area contributed by atoms with Gasteiger partial charge in [-0.25, -0.2) is 0 Å². The average Bonchev–Trinajstić information content (AvgIpc) is 2.60. The van der Waals surface area contributed by atoms with E-state index in [0.29, 0.717) is 0 Å². The van der Waals surface area contributed by atoms with Crippen LogP contribution in [0.3, 0.4) is 0 Å². The fourth-order valence-corrected chi connectivity index (χ4v) is 2.32. The first-order valence-corrected chi connectivity index (χ1v) is 5.90. The minimum Gasteiger partial charge on any atom is -0.398 e. The van der Waals surface area contributed by atoms with Crippen LogP contribution in [0.2, 0.25) is 0 Å². The van der Waals surface area contributed by atoms with Crippen molar-refractivity contribution in [1.29, 1.82) is 0 Å². The van der Waals surface area contributed by atoms with Gasteiger partial charge < -0.3 is 10.6 Å². The molecule has 3 amide bonds. The molecule has 1 fully saturated rings. The predicted molar refractivity (Wildman–Crippen MR) is 66.9 cm³/mol. The molecule has 1 aromatic rings. The zero-order valence-corrected chi connectivity index (χ0v) is 9.97. The molecule has 0 bridgehead atoms. The number of carbonyl (C=O) groups is 3.